The molecule has 0 unspecified atom stereocenters. The topological polar surface area (TPSA) is 88.5 Å². The number of carbonyl (C=O) groups is 1. The Hall–Kier alpha value is -3.09. The fourth-order valence-corrected chi connectivity index (χ4v) is 2.84. The summed E-state index contributed by atoms with van der Waals surface area (Å²) in [7, 11) is 0. The summed E-state index contributed by atoms with van der Waals surface area (Å²) in [5.41, 5.74) is 2.50. The van der Waals surface area contributed by atoms with Crippen LogP contribution >= 0.6 is 0 Å². The van der Waals surface area contributed by atoms with E-state index in [4.69, 9.17) is 4.74 Å². The van der Waals surface area contributed by atoms with Crippen molar-refractivity contribution < 1.29 is 9.53 Å². The summed E-state index contributed by atoms with van der Waals surface area (Å²) in [4.78, 5) is 28.9. The average Bonchev–Trinajstić information content (AvgIpc) is 3.11. The van der Waals surface area contributed by atoms with Crippen LogP contribution in [0.15, 0.2) is 41.3 Å². The van der Waals surface area contributed by atoms with Crippen molar-refractivity contribution >= 4 is 11.6 Å². The van der Waals surface area contributed by atoms with Crippen molar-refractivity contribution in [3.8, 4) is 5.75 Å². The number of rotatable bonds is 7. The Kier molecular flexibility index (Phi) is 5.59. The van der Waals surface area contributed by atoms with Gasteiger partial charge < -0.3 is 10.1 Å². The predicted octanol–water partition coefficient (Wildman–Crippen LogP) is 2.19. The van der Waals surface area contributed by atoms with Gasteiger partial charge in [-0.1, -0.05) is 26.0 Å². The summed E-state index contributed by atoms with van der Waals surface area (Å²) in [6.07, 6.45) is 1.63. The van der Waals surface area contributed by atoms with Crippen molar-refractivity contribution in [2.45, 2.75) is 33.1 Å². The van der Waals surface area contributed by atoms with E-state index < -0.39 is 0 Å². The molecule has 0 atom stereocenters. The lowest BCUT2D eigenvalue weighted by molar-refractivity contribution is -0.120. The Morgan fingerprint density at radius 1 is 1.26 bits per heavy atom. The smallest absolute Gasteiger partial charge is 0.276 e. The van der Waals surface area contributed by atoms with Crippen molar-refractivity contribution in [1.29, 1.82) is 0 Å². The van der Waals surface area contributed by atoms with Crippen LogP contribution < -0.4 is 15.6 Å². The number of aryl methyl sites for hydroxylation is 1. The molecule has 0 aliphatic heterocycles. The average molecular weight is 368 g/mol. The fraction of sp³-hybridized carbons (Fsp3) is 0.350. The van der Waals surface area contributed by atoms with Gasteiger partial charge in [-0.15, -0.1) is 0 Å². The molecule has 2 N–H and O–H groups in total. The standard InChI is InChI=1S/C20H24N4O3/c1-13(2)15-4-6-16(7-5-15)27-11-10-21-19(25)12-17-14(3)23-18-8-9-22-24(18)20(17)26/h4-9,13,22H,10-12H2,1-3H3,(H,21,25). The van der Waals surface area contributed by atoms with Crippen LogP contribution in [0.2, 0.25) is 0 Å². The molecule has 0 aliphatic carbocycles. The third kappa shape index (κ3) is 4.36. The third-order valence-electron chi connectivity index (χ3n) is 4.42. The number of hydrogen-bond donors (Lipinski definition) is 2. The van der Waals surface area contributed by atoms with E-state index in [1.54, 1.807) is 19.2 Å². The summed E-state index contributed by atoms with van der Waals surface area (Å²) < 4.78 is 6.97. The van der Waals surface area contributed by atoms with Gasteiger partial charge in [-0.2, -0.15) is 0 Å². The SMILES string of the molecule is Cc1nc2cc[nH]n2c(=O)c1CC(=O)NCCOc1ccc(C(C)C)cc1. The van der Waals surface area contributed by atoms with Gasteiger partial charge in [0.25, 0.3) is 5.56 Å². The number of nitrogens with zero attached hydrogens (tertiary/aromatic N) is 2. The summed E-state index contributed by atoms with van der Waals surface area (Å²) in [5.74, 6) is 1.01. The first-order valence-corrected chi connectivity index (χ1v) is 9.01. The van der Waals surface area contributed by atoms with Gasteiger partial charge in [0.2, 0.25) is 5.91 Å². The summed E-state index contributed by atoms with van der Waals surface area (Å²) in [6, 6.07) is 9.65. The van der Waals surface area contributed by atoms with E-state index in [9.17, 15) is 9.59 Å². The van der Waals surface area contributed by atoms with Gasteiger partial charge in [0.05, 0.1) is 13.0 Å². The van der Waals surface area contributed by atoms with E-state index in [2.05, 4.69) is 29.2 Å². The quantitative estimate of drug-likeness (QED) is 0.626. The maximum atomic E-state index is 12.4. The van der Waals surface area contributed by atoms with E-state index in [-0.39, 0.29) is 17.9 Å². The summed E-state index contributed by atoms with van der Waals surface area (Å²) in [5, 5.41) is 5.58. The minimum absolute atomic E-state index is 0.0112. The Labute approximate surface area is 157 Å². The zero-order valence-corrected chi connectivity index (χ0v) is 15.8. The lowest BCUT2D eigenvalue weighted by Gasteiger charge is -2.10. The number of amides is 1. The first kappa shape index (κ1) is 18.7. The van der Waals surface area contributed by atoms with Crippen molar-refractivity contribution in [3.63, 3.8) is 0 Å². The molecule has 1 aromatic carbocycles. The van der Waals surface area contributed by atoms with Gasteiger partial charge in [0.15, 0.2) is 5.65 Å². The first-order valence-electron chi connectivity index (χ1n) is 9.01. The molecule has 0 bridgehead atoms. The van der Waals surface area contributed by atoms with Crippen molar-refractivity contribution in [1.82, 2.24) is 19.9 Å². The van der Waals surface area contributed by atoms with Crippen LogP contribution in [0, 0.1) is 6.92 Å². The molecule has 2 heterocycles. The Balaban J connectivity index is 1.51. The van der Waals surface area contributed by atoms with Crippen molar-refractivity contribution in [2.24, 2.45) is 0 Å². The fourth-order valence-electron chi connectivity index (χ4n) is 2.84. The molecule has 3 rings (SSSR count). The van der Waals surface area contributed by atoms with Gasteiger partial charge in [0, 0.05) is 23.5 Å². The van der Waals surface area contributed by atoms with Crippen LogP contribution in [0.3, 0.4) is 0 Å². The molecular weight excluding hydrogens is 344 g/mol. The number of ether oxygens (including phenoxy) is 1. The summed E-state index contributed by atoms with van der Waals surface area (Å²) >= 11 is 0. The zero-order valence-electron chi connectivity index (χ0n) is 15.8. The van der Waals surface area contributed by atoms with Gasteiger partial charge in [-0.25, -0.2) is 9.50 Å². The van der Waals surface area contributed by atoms with E-state index in [0.717, 1.165) is 5.75 Å². The Bertz CT molecular complexity index is 987. The molecule has 0 radical (unpaired) electrons. The number of H-pyrrole nitrogens is 1. The first-order chi connectivity index (χ1) is 13.0. The summed E-state index contributed by atoms with van der Waals surface area (Å²) in [6.45, 7) is 6.74. The molecule has 0 aliphatic rings. The largest absolute Gasteiger partial charge is 0.492 e. The molecule has 142 valence electrons. The van der Waals surface area contributed by atoms with Gasteiger partial charge in [0.1, 0.15) is 12.4 Å². The van der Waals surface area contributed by atoms with Crippen LogP contribution in [0.4, 0.5) is 0 Å². The number of hydrogen-bond acceptors (Lipinski definition) is 4. The minimum atomic E-state index is -0.251. The molecule has 0 spiro atoms. The third-order valence-corrected chi connectivity index (χ3v) is 4.42. The van der Waals surface area contributed by atoms with Crippen LogP contribution in [-0.2, 0) is 11.2 Å². The molecule has 1 amide bonds. The Morgan fingerprint density at radius 2 is 2.00 bits per heavy atom. The predicted molar refractivity (Wildman–Crippen MR) is 103 cm³/mol. The number of carbonyl (C=O) groups excluding carboxylic acids is 1. The monoisotopic (exact) mass is 368 g/mol. The molecular formula is C20H24N4O3. The molecule has 0 saturated heterocycles. The second-order valence-corrected chi connectivity index (χ2v) is 6.74. The van der Waals surface area contributed by atoms with E-state index in [1.165, 1.54) is 10.1 Å². The van der Waals surface area contributed by atoms with Crippen molar-refractivity contribution in [3.05, 3.63) is 63.7 Å². The zero-order chi connectivity index (χ0) is 19.4. The lowest BCUT2D eigenvalue weighted by atomic mass is 10.0. The lowest BCUT2D eigenvalue weighted by Crippen LogP contribution is -2.32. The normalized spacial score (nSPS) is 11.1. The number of benzene rings is 1. The highest BCUT2D eigenvalue weighted by Crippen LogP contribution is 2.18. The van der Waals surface area contributed by atoms with Crippen LogP contribution in [-0.4, -0.2) is 33.7 Å². The molecule has 7 heteroatoms. The highest BCUT2D eigenvalue weighted by molar-refractivity contribution is 5.78. The number of nitrogens with one attached hydrogen (secondary N) is 2. The van der Waals surface area contributed by atoms with Gasteiger partial charge >= 0.3 is 0 Å². The van der Waals surface area contributed by atoms with Crippen molar-refractivity contribution in [2.75, 3.05) is 13.2 Å². The molecule has 7 nitrogen and oxygen atoms in total. The number of fused-ring (bicyclic) bond motifs is 1. The van der Waals surface area contributed by atoms with Crippen LogP contribution in [0.1, 0.15) is 36.6 Å². The molecule has 27 heavy (non-hydrogen) atoms. The van der Waals surface area contributed by atoms with E-state index in [0.29, 0.717) is 36.0 Å². The number of aromatic nitrogens is 3. The van der Waals surface area contributed by atoms with E-state index in [1.807, 2.05) is 24.3 Å². The maximum Gasteiger partial charge on any atom is 0.276 e. The molecule has 0 saturated carbocycles. The van der Waals surface area contributed by atoms with Crippen LogP contribution in [0.5, 0.6) is 5.75 Å². The van der Waals surface area contributed by atoms with Gasteiger partial charge in [-0.05, 0) is 30.5 Å². The van der Waals surface area contributed by atoms with E-state index >= 15 is 0 Å². The molecule has 0 fully saturated rings. The molecule has 3 aromatic rings. The highest BCUT2D eigenvalue weighted by Gasteiger charge is 2.14. The Morgan fingerprint density at radius 3 is 2.70 bits per heavy atom. The maximum absolute atomic E-state index is 12.4. The second kappa shape index (κ2) is 8.07. The van der Waals surface area contributed by atoms with Gasteiger partial charge in [-0.3, -0.25) is 14.7 Å². The second-order valence-electron chi connectivity index (χ2n) is 6.74. The number of aromatic amines is 1. The molecule has 2 aromatic heterocycles. The van der Waals surface area contributed by atoms with Crippen LogP contribution in [0.25, 0.3) is 5.65 Å². The minimum Gasteiger partial charge on any atom is -0.492 e. The highest BCUT2D eigenvalue weighted by atomic mass is 16.5.